The third-order valence-corrected chi connectivity index (χ3v) is 7.47. The highest BCUT2D eigenvalue weighted by Gasteiger charge is 2.40. The number of hydrogen-bond acceptors (Lipinski definition) is 7. The minimum absolute atomic E-state index is 0.0122. The Morgan fingerprint density at radius 1 is 0.800 bits per heavy atom. The normalized spacial score (nSPS) is 12.8. The fourth-order valence-electron chi connectivity index (χ4n) is 4.82. The smallest absolute Gasteiger partial charge is 0.326 e. The molecular formula is C32H51N5O8. The lowest BCUT2D eigenvalue weighted by Crippen LogP contribution is -2.48. The Kier molecular flexibility index (Phi) is 16.1. The van der Waals surface area contributed by atoms with E-state index in [4.69, 9.17) is 5.73 Å². The quantitative estimate of drug-likeness (QED) is 0.0932. The fraction of sp³-hybridized carbons (Fsp3) is 0.625. The number of nitrogens with two attached hydrogens (primary N) is 1. The SMILES string of the molecule is CCCCNc1ccc(C(=O)NCCCCC(NC(=O)CCCC(NC(=O)C(C)(C)CC(C)(C)C(=O)O)C(=O)O)C(N)=O)cc1. The van der Waals surface area contributed by atoms with Gasteiger partial charge in [0.15, 0.2) is 0 Å². The first kappa shape index (κ1) is 38.9. The van der Waals surface area contributed by atoms with Gasteiger partial charge in [0.25, 0.3) is 5.91 Å². The molecule has 1 rings (SSSR count). The summed E-state index contributed by atoms with van der Waals surface area (Å²) in [5.74, 6) is -4.36. The van der Waals surface area contributed by atoms with E-state index in [0.717, 1.165) is 25.1 Å². The monoisotopic (exact) mass is 633 g/mol. The van der Waals surface area contributed by atoms with Crippen LogP contribution in [0.3, 0.4) is 0 Å². The molecule has 13 heteroatoms. The molecule has 4 amide bonds. The molecule has 1 aromatic carbocycles. The summed E-state index contributed by atoms with van der Waals surface area (Å²) in [4.78, 5) is 72.8. The van der Waals surface area contributed by atoms with E-state index in [1.807, 2.05) is 12.1 Å². The van der Waals surface area contributed by atoms with Gasteiger partial charge in [0.2, 0.25) is 17.7 Å². The maximum atomic E-state index is 12.8. The van der Waals surface area contributed by atoms with Gasteiger partial charge in [0.05, 0.1) is 5.41 Å². The molecule has 0 saturated carbocycles. The summed E-state index contributed by atoms with van der Waals surface area (Å²) < 4.78 is 0. The van der Waals surface area contributed by atoms with Crippen LogP contribution in [0.15, 0.2) is 24.3 Å². The minimum Gasteiger partial charge on any atom is -0.481 e. The van der Waals surface area contributed by atoms with Crippen molar-refractivity contribution in [3.8, 4) is 0 Å². The number of anilines is 1. The first-order chi connectivity index (χ1) is 21.0. The molecular weight excluding hydrogens is 582 g/mol. The van der Waals surface area contributed by atoms with Crippen LogP contribution in [0.4, 0.5) is 5.69 Å². The van der Waals surface area contributed by atoms with Crippen LogP contribution in [0.1, 0.15) is 103 Å². The molecule has 0 fully saturated rings. The first-order valence-corrected chi connectivity index (χ1v) is 15.5. The Morgan fingerprint density at radius 3 is 1.98 bits per heavy atom. The second-order valence-electron chi connectivity index (χ2n) is 12.6. The van der Waals surface area contributed by atoms with E-state index in [9.17, 15) is 39.0 Å². The number of primary amides is 1. The van der Waals surface area contributed by atoms with E-state index in [2.05, 4.69) is 28.2 Å². The van der Waals surface area contributed by atoms with E-state index in [1.165, 1.54) is 13.8 Å². The standard InChI is InChI=1S/C32H51N5O8/c1-6-7-18-34-22-16-14-21(15-17-22)27(40)35-19-9-8-11-23(26(33)39)36-25(38)13-10-12-24(28(41)42)37-29(43)31(2,3)20-32(4,5)30(44)45/h14-17,23-24,34H,6-13,18-20H2,1-5H3,(H2,33,39)(H,35,40)(H,36,38)(H,37,43)(H,41,42)(H,44,45). The second-order valence-corrected chi connectivity index (χ2v) is 12.6. The Labute approximate surface area is 265 Å². The number of carbonyl (C=O) groups excluding carboxylic acids is 4. The van der Waals surface area contributed by atoms with E-state index in [0.29, 0.717) is 24.9 Å². The molecule has 0 heterocycles. The highest BCUT2D eigenvalue weighted by molar-refractivity contribution is 5.94. The number of benzene rings is 1. The van der Waals surface area contributed by atoms with Gasteiger partial charge in [0, 0.05) is 36.2 Å². The van der Waals surface area contributed by atoms with Crippen molar-refractivity contribution < 1.29 is 39.0 Å². The zero-order chi connectivity index (χ0) is 34.2. The molecule has 45 heavy (non-hydrogen) atoms. The van der Waals surface area contributed by atoms with Crippen molar-refractivity contribution in [3.05, 3.63) is 29.8 Å². The molecule has 0 aliphatic carbocycles. The van der Waals surface area contributed by atoms with Gasteiger partial charge in [-0.05, 0) is 83.1 Å². The molecule has 13 nitrogen and oxygen atoms in total. The number of amides is 4. The van der Waals surface area contributed by atoms with Gasteiger partial charge in [-0.15, -0.1) is 0 Å². The highest BCUT2D eigenvalue weighted by Crippen LogP contribution is 2.34. The average Bonchev–Trinajstić information content (AvgIpc) is 2.95. The van der Waals surface area contributed by atoms with Crippen molar-refractivity contribution in [3.63, 3.8) is 0 Å². The molecule has 252 valence electrons. The van der Waals surface area contributed by atoms with Crippen LogP contribution in [-0.4, -0.2) is 71.0 Å². The number of hydrogen-bond donors (Lipinski definition) is 7. The summed E-state index contributed by atoms with van der Waals surface area (Å²) in [5, 5.41) is 30.1. The van der Waals surface area contributed by atoms with Gasteiger partial charge in [-0.3, -0.25) is 24.0 Å². The summed E-state index contributed by atoms with van der Waals surface area (Å²) in [6.45, 7) is 9.43. The van der Waals surface area contributed by atoms with E-state index in [1.54, 1.807) is 26.0 Å². The molecule has 1 aromatic rings. The molecule has 0 aromatic heterocycles. The number of aliphatic carboxylic acids is 2. The average molecular weight is 634 g/mol. The van der Waals surface area contributed by atoms with Crippen LogP contribution in [0.5, 0.6) is 0 Å². The maximum absolute atomic E-state index is 12.8. The molecule has 2 atom stereocenters. The minimum atomic E-state index is -1.28. The number of unbranched alkanes of at least 4 members (excludes halogenated alkanes) is 2. The lowest BCUT2D eigenvalue weighted by molar-refractivity contribution is -0.151. The predicted molar refractivity (Wildman–Crippen MR) is 170 cm³/mol. The zero-order valence-corrected chi connectivity index (χ0v) is 27.2. The molecule has 0 spiro atoms. The van der Waals surface area contributed by atoms with Gasteiger partial charge in [-0.1, -0.05) is 27.2 Å². The van der Waals surface area contributed by atoms with Gasteiger partial charge >= 0.3 is 11.9 Å². The summed E-state index contributed by atoms with van der Waals surface area (Å²) in [7, 11) is 0. The summed E-state index contributed by atoms with van der Waals surface area (Å²) >= 11 is 0. The molecule has 0 radical (unpaired) electrons. The lowest BCUT2D eigenvalue weighted by Gasteiger charge is -2.32. The maximum Gasteiger partial charge on any atom is 0.326 e. The number of carboxylic acid groups (broad SMARTS) is 2. The van der Waals surface area contributed by atoms with E-state index in [-0.39, 0.29) is 38.0 Å². The van der Waals surface area contributed by atoms with Crippen molar-refractivity contribution in [2.45, 2.75) is 104 Å². The Hall–Kier alpha value is -4.16. The van der Waals surface area contributed by atoms with Crippen molar-refractivity contribution in [2.75, 3.05) is 18.4 Å². The van der Waals surface area contributed by atoms with Crippen LogP contribution in [0.2, 0.25) is 0 Å². The Balaban J connectivity index is 2.47. The molecule has 0 saturated heterocycles. The second kappa shape index (κ2) is 18.6. The number of rotatable bonds is 22. The number of carbonyl (C=O) groups is 6. The van der Waals surface area contributed by atoms with E-state index >= 15 is 0 Å². The van der Waals surface area contributed by atoms with Crippen LogP contribution in [0.25, 0.3) is 0 Å². The lowest BCUT2D eigenvalue weighted by atomic mass is 9.74. The molecule has 8 N–H and O–H groups in total. The van der Waals surface area contributed by atoms with Crippen LogP contribution in [0, 0.1) is 10.8 Å². The van der Waals surface area contributed by atoms with Gasteiger partial charge in [-0.2, -0.15) is 0 Å². The fourth-order valence-corrected chi connectivity index (χ4v) is 4.82. The summed E-state index contributed by atoms with van der Waals surface area (Å²) in [6.07, 6.45) is 3.44. The highest BCUT2D eigenvalue weighted by atomic mass is 16.4. The van der Waals surface area contributed by atoms with Gasteiger partial charge in [0.1, 0.15) is 12.1 Å². The third kappa shape index (κ3) is 14.4. The van der Waals surface area contributed by atoms with Crippen LogP contribution in [-0.2, 0) is 24.0 Å². The molecule has 0 aliphatic heterocycles. The number of nitrogens with one attached hydrogen (secondary N) is 4. The first-order valence-electron chi connectivity index (χ1n) is 15.5. The van der Waals surface area contributed by atoms with Crippen molar-refractivity contribution in [1.82, 2.24) is 16.0 Å². The topological polar surface area (TPSA) is 217 Å². The van der Waals surface area contributed by atoms with Crippen molar-refractivity contribution in [1.29, 1.82) is 0 Å². The van der Waals surface area contributed by atoms with Crippen molar-refractivity contribution in [2.24, 2.45) is 16.6 Å². The molecule has 0 aliphatic rings. The Morgan fingerprint density at radius 2 is 1.42 bits per heavy atom. The largest absolute Gasteiger partial charge is 0.481 e. The summed E-state index contributed by atoms with van der Waals surface area (Å²) in [6, 6.07) is 5.01. The van der Waals surface area contributed by atoms with Gasteiger partial charge in [-0.25, -0.2) is 4.79 Å². The summed E-state index contributed by atoms with van der Waals surface area (Å²) in [5.41, 5.74) is 4.60. The zero-order valence-electron chi connectivity index (χ0n) is 27.2. The van der Waals surface area contributed by atoms with Crippen LogP contribution < -0.4 is 27.0 Å². The van der Waals surface area contributed by atoms with E-state index < -0.39 is 52.6 Å². The molecule has 0 bridgehead atoms. The molecule has 2 unspecified atom stereocenters. The van der Waals surface area contributed by atoms with Crippen LogP contribution >= 0.6 is 0 Å². The predicted octanol–water partition coefficient (Wildman–Crippen LogP) is 3.04. The van der Waals surface area contributed by atoms with Gasteiger partial charge < -0.3 is 37.2 Å². The third-order valence-electron chi connectivity index (χ3n) is 7.47. The Bertz CT molecular complexity index is 1170. The number of carboxylic acids is 2. The van der Waals surface area contributed by atoms with Crippen molar-refractivity contribution >= 4 is 41.3 Å².